The maximum atomic E-state index is 13.6. The Morgan fingerprint density at radius 1 is 1.04 bits per heavy atom. The molecule has 6 nitrogen and oxygen atoms in total. The van der Waals surface area contributed by atoms with Gasteiger partial charge in [0.2, 0.25) is 0 Å². The summed E-state index contributed by atoms with van der Waals surface area (Å²) in [7, 11) is 3.21. The van der Waals surface area contributed by atoms with Crippen LogP contribution >= 0.6 is 0 Å². The number of benzene rings is 2. The number of hydrogen-bond acceptors (Lipinski definition) is 3. The Morgan fingerprint density at radius 3 is 2.38 bits per heavy atom. The molecule has 0 aliphatic carbocycles. The fourth-order valence-electron chi connectivity index (χ4n) is 2.24. The van der Waals surface area contributed by atoms with Crippen molar-refractivity contribution in [2.75, 3.05) is 27.2 Å². The van der Waals surface area contributed by atoms with Gasteiger partial charge in [-0.2, -0.15) is 0 Å². The van der Waals surface area contributed by atoms with Gasteiger partial charge >= 0.3 is 0 Å². The third-order valence-electron chi connectivity index (χ3n) is 3.68. The van der Waals surface area contributed by atoms with E-state index in [1.165, 1.54) is 6.07 Å². The molecule has 0 saturated carbocycles. The molecule has 0 radical (unpaired) electrons. The molecule has 0 spiro atoms. The van der Waals surface area contributed by atoms with Crippen molar-refractivity contribution in [1.82, 2.24) is 16.0 Å². The van der Waals surface area contributed by atoms with Gasteiger partial charge in [0, 0.05) is 37.8 Å². The molecule has 0 bridgehead atoms. The van der Waals surface area contributed by atoms with E-state index in [4.69, 9.17) is 4.74 Å². The van der Waals surface area contributed by atoms with Gasteiger partial charge < -0.3 is 20.7 Å². The number of hydrogen-bond donors (Lipinski definition) is 3. The van der Waals surface area contributed by atoms with Crippen molar-refractivity contribution in [2.45, 2.75) is 6.54 Å². The Labute approximate surface area is 152 Å². The van der Waals surface area contributed by atoms with E-state index in [0.717, 1.165) is 0 Å². The minimum absolute atomic E-state index is 0.163. The number of carbonyl (C=O) groups excluding carboxylic acids is 1. The molecule has 1 amide bonds. The molecule has 2 aromatic carbocycles. The SMILES string of the molecule is CN=C(NCCNC(=O)c1ccc(OC)cc1)NCc1ccccc1F. The van der Waals surface area contributed by atoms with Crippen molar-refractivity contribution >= 4 is 11.9 Å². The van der Waals surface area contributed by atoms with Crippen molar-refractivity contribution in [3.05, 3.63) is 65.5 Å². The molecule has 26 heavy (non-hydrogen) atoms. The summed E-state index contributed by atoms with van der Waals surface area (Å²) in [6.45, 7) is 1.23. The number of nitrogens with zero attached hydrogens (tertiary/aromatic N) is 1. The molecule has 0 aliphatic heterocycles. The van der Waals surface area contributed by atoms with E-state index in [2.05, 4.69) is 20.9 Å². The van der Waals surface area contributed by atoms with Crippen molar-refractivity contribution in [3.8, 4) is 5.75 Å². The van der Waals surface area contributed by atoms with E-state index in [9.17, 15) is 9.18 Å². The molecule has 0 fully saturated rings. The normalized spacial score (nSPS) is 11.0. The Hall–Kier alpha value is -3.09. The molecule has 138 valence electrons. The van der Waals surface area contributed by atoms with Crippen LogP contribution in [0.1, 0.15) is 15.9 Å². The number of carbonyl (C=O) groups is 1. The summed E-state index contributed by atoms with van der Waals surface area (Å²) in [6, 6.07) is 13.4. The largest absolute Gasteiger partial charge is 0.497 e. The zero-order valence-electron chi connectivity index (χ0n) is 14.9. The average molecular weight is 358 g/mol. The van der Waals surface area contributed by atoms with Gasteiger partial charge in [0.25, 0.3) is 5.91 Å². The third-order valence-corrected chi connectivity index (χ3v) is 3.68. The maximum absolute atomic E-state index is 13.6. The molecule has 0 aliphatic rings. The number of rotatable bonds is 7. The molecule has 0 atom stereocenters. The quantitative estimate of drug-likeness (QED) is 0.402. The fourth-order valence-corrected chi connectivity index (χ4v) is 2.24. The van der Waals surface area contributed by atoms with Crippen molar-refractivity contribution in [3.63, 3.8) is 0 Å². The number of halogens is 1. The molecule has 7 heteroatoms. The lowest BCUT2D eigenvalue weighted by Crippen LogP contribution is -2.41. The minimum atomic E-state index is -0.262. The van der Waals surface area contributed by atoms with Crippen LogP contribution in [-0.4, -0.2) is 39.1 Å². The number of methoxy groups -OCH3 is 1. The zero-order chi connectivity index (χ0) is 18.8. The standard InChI is InChI=1S/C19H23FN4O2/c1-21-19(24-13-15-5-3-4-6-17(15)20)23-12-11-22-18(25)14-7-9-16(26-2)10-8-14/h3-10H,11-13H2,1-2H3,(H,22,25)(H2,21,23,24). The third kappa shape index (κ3) is 5.77. The van der Waals surface area contributed by atoms with Crippen molar-refractivity contribution in [2.24, 2.45) is 4.99 Å². The van der Waals surface area contributed by atoms with E-state index in [-0.39, 0.29) is 11.7 Å². The zero-order valence-corrected chi connectivity index (χ0v) is 14.9. The maximum Gasteiger partial charge on any atom is 0.251 e. The van der Waals surface area contributed by atoms with E-state index in [1.54, 1.807) is 56.6 Å². The lowest BCUT2D eigenvalue weighted by Gasteiger charge is -2.13. The van der Waals surface area contributed by atoms with Crippen LogP contribution in [0.2, 0.25) is 0 Å². The molecule has 3 N–H and O–H groups in total. The van der Waals surface area contributed by atoms with Gasteiger partial charge in [-0.15, -0.1) is 0 Å². The number of aliphatic imine (C=N–C) groups is 1. The summed E-state index contributed by atoms with van der Waals surface area (Å²) in [6.07, 6.45) is 0. The predicted molar refractivity (Wildman–Crippen MR) is 99.9 cm³/mol. The second-order valence-corrected chi connectivity index (χ2v) is 5.43. The van der Waals surface area contributed by atoms with Crippen LogP contribution in [0, 0.1) is 5.82 Å². The molecule has 0 heterocycles. The van der Waals surface area contributed by atoms with E-state index in [1.807, 2.05) is 0 Å². The molecular weight excluding hydrogens is 335 g/mol. The highest BCUT2D eigenvalue weighted by atomic mass is 19.1. The molecular formula is C19H23FN4O2. The monoisotopic (exact) mass is 358 g/mol. The van der Waals surface area contributed by atoms with Gasteiger partial charge in [-0.1, -0.05) is 18.2 Å². The van der Waals surface area contributed by atoms with Crippen LogP contribution in [0.4, 0.5) is 4.39 Å². The predicted octanol–water partition coefficient (Wildman–Crippen LogP) is 1.93. The average Bonchev–Trinajstić information content (AvgIpc) is 2.68. The summed E-state index contributed by atoms with van der Waals surface area (Å²) >= 11 is 0. The second-order valence-electron chi connectivity index (χ2n) is 5.43. The summed E-state index contributed by atoms with van der Waals surface area (Å²) in [5.74, 6) is 0.811. The molecule has 0 aromatic heterocycles. The summed E-state index contributed by atoms with van der Waals surface area (Å²) in [5.41, 5.74) is 1.12. The lowest BCUT2D eigenvalue weighted by molar-refractivity contribution is 0.0954. The van der Waals surface area contributed by atoms with Gasteiger partial charge in [-0.05, 0) is 30.3 Å². The van der Waals surface area contributed by atoms with E-state index < -0.39 is 0 Å². The summed E-state index contributed by atoms with van der Waals surface area (Å²) in [4.78, 5) is 16.1. The first kappa shape index (κ1) is 19.2. The van der Waals surface area contributed by atoms with Crippen LogP contribution in [0.3, 0.4) is 0 Å². The Morgan fingerprint density at radius 2 is 1.73 bits per heavy atom. The van der Waals surface area contributed by atoms with Gasteiger partial charge in [-0.25, -0.2) is 4.39 Å². The highest BCUT2D eigenvalue weighted by Crippen LogP contribution is 2.10. The smallest absolute Gasteiger partial charge is 0.251 e. The van der Waals surface area contributed by atoms with E-state index >= 15 is 0 Å². The Kier molecular flexibility index (Phi) is 7.42. The summed E-state index contributed by atoms with van der Waals surface area (Å²) in [5, 5.41) is 8.91. The van der Waals surface area contributed by atoms with Crippen LogP contribution in [0.25, 0.3) is 0 Å². The fraction of sp³-hybridized carbons (Fsp3) is 0.263. The van der Waals surface area contributed by atoms with Crippen LogP contribution < -0.4 is 20.7 Å². The Bertz CT molecular complexity index is 747. The molecule has 2 aromatic rings. The lowest BCUT2D eigenvalue weighted by atomic mass is 10.2. The first-order valence-electron chi connectivity index (χ1n) is 8.24. The molecule has 0 saturated heterocycles. The number of guanidine groups is 1. The van der Waals surface area contributed by atoms with Gasteiger partial charge in [0.1, 0.15) is 11.6 Å². The van der Waals surface area contributed by atoms with E-state index in [0.29, 0.717) is 42.5 Å². The van der Waals surface area contributed by atoms with Gasteiger partial charge in [0.15, 0.2) is 5.96 Å². The van der Waals surface area contributed by atoms with Crippen LogP contribution in [-0.2, 0) is 6.54 Å². The van der Waals surface area contributed by atoms with Gasteiger partial charge in [-0.3, -0.25) is 9.79 Å². The second kappa shape index (κ2) is 10.0. The number of amides is 1. The van der Waals surface area contributed by atoms with Crippen molar-refractivity contribution < 1.29 is 13.9 Å². The topological polar surface area (TPSA) is 74.8 Å². The molecule has 2 rings (SSSR count). The molecule has 0 unspecified atom stereocenters. The summed E-state index contributed by atoms with van der Waals surface area (Å²) < 4.78 is 18.7. The van der Waals surface area contributed by atoms with Crippen LogP contribution in [0.5, 0.6) is 5.75 Å². The number of ether oxygens (including phenoxy) is 1. The van der Waals surface area contributed by atoms with Crippen molar-refractivity contribution in [1.29, 1.82) is 0 Å². The van der Waals surface area contributed by atoms with Crippen LogP contribution in [0.15, 0.2) is 53.5 Å². The highest BCUT2D eigenvalue weighted by molar-refractivity contribution is 5.94. The Balaban J connectivity index is 1.71. The first-order valence-corrected chi connectivity index (χ1v) is 8.24. The first-order chi connectivity index (χ1) is 12.6. The number of nitrogens with one attached hydrogen (secondary N) is 3. The minimum Gasteiger partial charge on any atom is -0.497 e. The van der Waals surface area contributed by atoms with Gasteiger partial charge in [0.05, 0.1) is 7.11 Å². The highest BCUT2D eigenvalue weighted by Gasteiger charge is 2.05.